The van der Waals surface area contributed by atoms with Crippen LogP contribution >= 0.6 is 11.8 Å². The molecule has 3 aromatic rings. The lowest BCUT2D eigenvalue weighted by Gasteiger charge is -2.18. The quantitative estimate of drug-likeness (QED) is 0.355. The third-order valence-electron chi connectivity index (χ3n) is 7.33. The van der Waals surface area contributed by atoms with E-state index in [0.29, 0.717) is 24.4 Å². The first-order valence-corrected chi connectivity index (χ1v) is 13.9. The number of aromatic hydroxyl groups is 1. The van der Waals surface area contributed by atoms with E-state index in [2.05, 4.69) is 24.3 Å². The topological polar surface area (TPSA) is 52.9 Å². The minimum absolute atomic E-state index is 0.00904. The molecule has 0 radical (unpaired) electrons. The highest BCUT2D eigenvalue weighted by molar-refractivity contribution is 7.99. The number of likely N-dealkylation sites (N-methyl/N-ethyl adjacent to an activating group) is 1. The van der Waals surface area contributed by atoms with Crippen molar-refractivity contribution in [2.75, 3.05) is 13.6 Å². The van der Waals surface area contributed by atoms with Crippen LogP contribution in [0.4, 0.5) is 5.69 Å². The Bertz CT molecular complexity index is 1260. The van der Waals surface area contributed by atoms with Crippen LogP contribution in [0.25, 0.3) is 0 Å². The Morgan fingerprint density at radius 3 is 2.58 bits per heavy atom. The van der Waals surface area contributed by atoms with Crippen molar-refractivity contribution in [3.05, 3.63) is 83.4 Å². The molecule has 1 aliphatic carbocycles. The summed E-state index contributed by atoms with van der Waals surface area (Å²) >= 11 is 1.75. The molecule has 1 saturated carbocycles. The third-order valence-corrected chi connectivity index (χ3v) is 8.47. The van der Waals surface area contributed by atoms with Crippen molar-refractivity contribution < 1.29 is 9.90 Å². The molecule has 0 atom stereocenters. The number of rotatable bonds is 6. The molecular weight excluding hydrogens is 464 g/mol. The van der Waals surface area contributed by atoms with Crippen LogP contribution in [0.2, 0.25) is 0 Å². The van der Waals surface area contributed by atoms with Gasteiger partial charge in [0.2, 0.25) is 0 Å². The Balaban J connectivity index is 1.38. The minimum Gasteiger partial charge on any atom is -0.508 e. The molecule has 2 aliphatic rings. The Labute approximate surface area is 218 Å². The number of nitrogens with zero attached hydrogens (tertiary/aromatic N) is 2. The maximum Gasteiger partial charge on any atom is 0.253 e. The molecule has 1 N–H and O–H groups in total. The second kappa shape index (κ2) is 11.3. The number of benzene rings is 3. The zero-order valence-corrected chi connectivity index (χ0v) is 21.8. The van der Waals surface area contributed by atoms with Gasteiger partial charge in [0.15, 0.2) is 0 Å². The van der Waals surface area contributed by atoms with Gasteiger partial charge in [-0.05, 0) is 60.7 Å². The summed E-state index contributed by atoms with van der Waals surface area (Å²) in [6, 6.07) is 21.7. The summed E-state index contributed by atoms with van der Waals surface area (Å²) in [5.41, 5.74) is 4.96. The van der Waals surface area contributed by atoms with Crippen molar-refractivity contribution >= 4 is 29.1 Å². The van der Waals surface area contributed by atoms with Crippen LogP contribution in [0.15, 0.2) is 81.5 Å². The van der Waals surface area contributed by atoms with Crippen molar-refractivity contribution in [1.29, 1.82) is 0 Å². The number of aliphatic imine (C=N–C) groups is 1. The van der Waals surface area contributed by atoms with Crippen LogP contribution in [0.1, 0.15) is 66.4 Å². The average molecular weight is 499 g/mol. The summed E-state index contributed by atoms with van der Waals surface area (Å²) in [4.78, 5) is 22.6. The third kappa shape index (κ3) is 5.84. The first kappa shape index (κ1) is 24.6. The molecule has 3 aromatic carbocycles. The van der Waals surface area contributed by atoms with Gasteiger partial charge < -0.3 is 10.0 Å². The van der Waals surface area contributed by atoms with Crippen molar-refractivity contribution in [3.8, 4) is 5.75 Å². The highest BCUT2D eigenvalue weighted by Gasteiger charge is 2.22. The molecule has 1 amide bonds. The van der Waals surface area contributed by atoms with Crippen molar-refractivity contribution in [2.45, 2.75) is 61.2 Å². The molecular formula is C31H34N2O2S. The number of carbonyl (C=O) groups is 1. The molecule has 186 valence electrons. The highest BCUT2D eigenvalue weighted by Crippen LogP contribution is 2.42. The van der Waals surface area contributed by atoms with E-state index in [1.807, 2.05) is 37.4 Å². The van der Waals surface area contributed by atoms with E-state index >= 15 is 0 Å². The number of amides is 1. The molecule has 0 saturated heterocycles. The standard InChI is InChI=1S/C31H34N2O2S/c1-33(18-17-23-11-8-12-25(34)19-23)31(35)24-15-16-30-28(21-24)32-27(20-22-9-4-2-3-5-10-22)26-13-6-7-14-29(26)36-30/h6-8,11-16,19,21-22,34H,2-5,9-10,17-18,20H2,1H3. The van der Waals surface area contributed by atoms with Crippen LogP contribution in [-0.4, -0.2) is 35.2 Å². The second-order valence-electron chi connectivity index (χ2n) is 10.0. The summed E-state index contributed by atoms with van der Waals surface area (Å²) in [7, 11) is 1.84. The molecule has 1 fully saturated rings. The van der Waals surface area contributed by atoms with Gasteiger partial charge in [-0.1, -0.05) is 80.6 Å². The summed E-state index contributed by atoms with van der Waals surface area (Å²) < 4.78 is 0. The molecule has 5 heteroatoms. The smallest absolute Gasteiger partial charge is 0.253 e. The van der Waals surface area contributed by atoms with Gasteiger partial charge in [-0.15, -0.1) is 0 Å². The lowest BCUT2D eigenvalue weighted by molar-refractivity contribution is 0.0796. The Hall–Kier alpha value is -3.05. The number of hydrogen-bond donors (Lipinski definition) is 1. The van der Waals surface area contributed by atoms with Crippen LogP contribution in [0.3, 0.4) is 0 Å². The first-order chi connectivity index (χ1) is 17.6. The molecule has 5 rings (SSSR count). The molecule has 0 spiro atoms. The number of fused-ring (bicyclic) bond motifs is 2. The fourth-order valence-electron chi connectivity index (χ4n) is 5.27. The SMILES string of the molecule is CN(CCc1cccc(O)c1)C(=O)c1ccc2c(c1)N=C(CC1CCCCCC1)c1ccccc1S2. The molecule has 4 nitrogen and oxygen atoms in total. The predicted octanol–water partition coefficient (Wildman–Crippen LogP) is 7.65. The highest BCUT2D eigenvalue weighted by atomic mass is 32.2. The average Bonchev–Trinajstić information content (AvgIpc) is 3.24. The van der Waals surface area contributed by atoms with Crippen LogP contribution in [0.5, 0.6) is 5.75 Å². The van der Waals surface area contributed by atoms with Crippen LogP contribution < -0.4 is 0 Å². The molecule has 36 heavy (non-hydrogen) atoms. The Morgan fingerprint density at radius 1 is 0.972 bits per heavy atom. The normalized spacial score (nSPS) is 15.8. The maximum absolute atomic E-state index is 13.3. The van der Waals surface area contributed by atoms with E-state index in [9.17, 15) is 9.90 Å². The van der Waals surface area contributed by atoms with Gasteiger partial charge in [0.1, 0.15) is 5.75 Å². The van der Waals surface area contributed by atoms with Crippen molar-refractivity contribution in [1.82, 2.24) is 4.90 Å². The van der Waals surface area contributed by atoms with Gasteiger partial charge in [-0.3, -0.25) is 9.79 Å². The first-order valence-electron chi connectivity index (χ1n) is 13.1. The van der Waals surface area contributed by atoms with Crippen LogP contribution in [-0.2, 0) is 6.42 Å². The summed E-state index contributed by atoms with van der Waals surface area (Å²) in [5.74, 6) is 0.924. The van der Waals surface area contributed by atoms with E-state index in [-0.39, 0.29) is 11.7 Å². The predicted molar refractivity (Wildman–Crippen MR) is 148 cm³/mol. The van der Waals surface area contributed by atoms with Gasteiger partial charge in [-0.2, -0.15) is 0 Å². The lowest BCUT2D eigenvalue weighted by Crippen LogP contribution is -2.28. The molecule has 0 bridgehead atoms. The van der Waals surface area contributed by atoms with E-state index in [4.69, 9.17) is 4.99 Å². The summed E-state index contributed by atoms with van der Waals surface area (Å²) in [6.45, 7) is 0.579. The van der Waals surface area contributed by atoms with Crippen molar-refractivity contribution in [2.24, 2.45) is 10.9 Å². The fraction of sp³-hybridized carbons (Fsp3) is 0.355. The van der Waals surface area contributed by atoms with Crippen LogP contribution in [0, 0.1) is 5.92 Å². The van der Waals surface area contributed by atoms with Gasteiger partial charge in [0.05, 0.1) is 5.69 Å². The number of carbonyl (C=O) groups excluding carboxylic acids is 1. The van der Waals surface area contributed by atoms with E-state index < -0.39 is 0 Å². The largest absolute Gasteiger partial charge is 0.508 e. The maximum atomic E-state index is 13.3. The van der Waals surface area contributed by atoms with Gasteiger partial charge in [-0.25, -0.2) is 0 Å². The zero-order valence-electron chi connectivity index (χ0n) is 21.0. The summed E-state index contributed by atoms with van der Waals surface area (Å²) in [6.07, 6.45) is 9.59. The number of hydrogen-bond acceptors (Lipinski definition) is 4. The molecule has 1 heterocycles. The Morgan fingerprint density at radius 2 is 1.78 bits per heavy atom. The van der Waals surface area contributed by atoms with E-state index in [1.54, 1.807) is 28.8 Å². The van der Waals surface area contributed by atoms with Gasteiger partial charge in [0.25, 0.3) is 5.91 Å². The summed E-state index contributed by atoms with van der Waals surface area (Å²) in [5, 5.41) is 9.71. The fourth-order valence-corrected chi connectivity index (χ4v) is 6.29. The van der Waals surface area contributed by atoms with E-state index in [1.165, 1.54) is 49.0 Å². The van der Waals surface area contributed by atoms with Gasteiger partial charge >= 0.3 is 0 Å². The minimum atomic E-state index is -0.00904. The molecule has 0 aromatic heterocycles. The zero-order chi connectivity index (χ0) is 24.9. The monoisotopic (exact) mass is 498 g/mol. The van der Waals surface area contributed by atoms with Crippen molar-refractivity contribution in [3.63, 3.8) is 0 Å². The Kier molecular flexibility index (Phi) is 7.76. The number of phenols is 1. The number of phenolic OH excluding ortho intramolecular Hbond substituents is 1. The van der Waals surface area contributed by atoms with E-state index in [0.717, 1.165) is 28.3 Å². The molecule has 1 aliphatic heterocycles. The van der Waals surface area contributed by atoms with Gasteiger partial charge in [0, 0.05) is 40.2 Å². The molecule has 0 unspecified atom stereocenters. The second-order valence-corrected chi connectivity index (χ2v) is 11.1. The lowest BCUT2D eigenvalue weighted by atomic mass is 9.91.